The summed E-state index contributed by atoms with van der Waals surface area (Å²) in [5.74, 6) is 0. The van der Waals surface area contributed by atoms with Gasteiger partial charge in [-0.05, 0) is 6.92 Å². The van der Waals surface area contributed by atoms with Crippen LogP contribution in [0.1, 0.15) is 12.5 Å². The Morgan fingerprint density at radius 1 is 1.57 bits per heavy atom. The van der Waals surface area contributed by atoms with Crippen LogP contribution < -0.4 is 5.32 Å². The fourth-order valence-corrected chi connectivity index (χ4v) is 1.69. The first-order valence-corrected chi connectivity index (χ1v) is 5.41. The number of hydrogen-bond acceptors (Lipinski definition) is 4. The first-order chi connectivity index (χ1) is 6.88. The summed E-state index contributed by atoms with van der Waals surface area (Å²) in [7, 11) is 0. The number of rotatable bonds is 4. The second kappa shape index (κ2) is 4.23. The van der Waals surface area contributed by atoms with Gasteiger partial charge in [0.1, 0.15) is 0 Å². The molecule has 0 saturated heterocycles. The van der Waals surface area contributed by atoms with Crippen LogP contribution in [0.3, 0.4) is 0 Å². The summed E-state index contributed by atoms with van der Waals surface area (Å²) in [4.78, 5) is 4.14. The molecule has 2 heterocycles. The Bertz CT molecular complexity index is 379. The monoisotopic (exact) mass is 208 g/mol. The lowest BCUT2D eigenvalue weighted by molar-refractivity contribution is 0.659. The molecule has 5 heteroatoms. The van der Waals surface area contributed by atoms with Crippen molar-refractivity contribution in [1.82, 2.24) is 14.8 Å². The lowest BCUT2D eigenvalue weighted by Gasteiger charge is -1.98. The summed E-state index contributed by atoms with van der Waals surface area (Å²) < 4.78 is 1.92. The minimum absolute atomic E-state index is 0.785. The van der Waals surface area contributed by atoms with Crippen LogP contribution in [-0.4, -0.2) is 14.8 Å². The minimum Gasteiger partial charge on any atom is -0.357 e. The highest BCUT2D eigenvalue weighted by molar-refractivity contribution is 7.13. The highest BCUT2D eigenvalue weighted by Gasteiger charge is 1.98. The molecule has 2 rings (SSSR count). The molecule has 1 N–H and O–H groups in total. The zero-order valence-electron chi connectivity index (χ0n) is 7.97. The molecule has 2 aromatic heterocycles. The van der Waals surface area contributed by atoms with Crippen LogP contribution in [0.25, 0.3) is 0 Å². The molecule has 0 unspecified atom stereocenters. The molecule has 2 aromatic rings. The third-order valence-corrected chi connectivity index (χ3v) is 2.62. The molecule has 0 radical (unpaired) electrons. The normalized spacial score (nSPS) is 10.4. The Hall–Kier alpha value is -1.36. The van der Waals surface area contributed by atoms with Gasteiger partial charge in [-0.15, -0.1) is 11.3 Å². The molecule has 14 heavy (non-hydrogen) atoms. The Kier molecular flexibility index (Phi) is 2.78. The maximum Gasteiger partial charge on any atom is 0.182 e. The molecule has 0 aliphatic heterocycles. The number of nitrogens with zero attached hydrogens (tertiary/aromatic N) is 3. The summed E-state index contributed by atoms with van der Waals surface area (Å²) in [6.07, 6.45) is 5.72. The van der Waals surface area contributed by atoms with Gasteiger partial charge in [-0.25, -0.2) is 4.98 Å². The molecular formula is C9H12N4S. The number of aryl methyl sites for hydroxylation is 1. The van der Waals surface area contributed by atoms with Gasteiger partial charge in [-0.3, -0.25) is 4.68 Å². The van der Waals surface area contributed by atoms with Crippen LogP contribution in [0.4, 0.5) is 5.13 Å². The van der Waals surface area contributed by atoms with E-state index in [-0.39, 0.29) is 0 Å². The van der Waals surface area contributed by atoms with Gasteiger partial charge in [0, 0.05) is 36.4 Å². The topological polar surface area (TPSA) is 42.7 Å². The van der Waals surface area contributed by atoms with Crippen molar-refractivity contribution >= 4 is 16.5 Å². The van der Waals surface area contributed by atoms with E-state index in [1.165, 1.54) is 5.56 Å². The SMILES string of the molecule is CCn1cc(CNc2nccs2)cn1. The van der Waals surface area contributed by atoms with Crippen molar-refractivity contribution in [2.24, 2.45) is 0 Å². The number of aromatic nitrogens is 3. The van der Waals surface area contributed by atoms with Crippen LogP contribution in [0.5, 0.6) is 0 Å². The van der Waals surface area contributed by atoms with Gasteiger partial charge in [0.25, 0.3) is 0 Å². The molecule has 0 spiro atoms. The van der Waals surface area contributed by atoms with Crippen molar-refractivity contribution in [3.05, 3.63) is 29.5 Å². The van der Waals surface area contributed by atoms with E-state index in [0.717, 1.165) is 18.2 Å². The van der Waals surface area contributed by atoms with Crippen molar-refractivity contribution in [2.45, 2.75) is 20.0 Å². The average Bonchev–Trinajstić information content (AvgIpc) is 2.86. The first-order valence-electron chi connectivity index (χ1n) is 4.53. The van der Waals surface area contributed by atoms with Gasteiger partial charge in [0.2, 0.25) is 0 Å². The molecule has 74 valence electrons. The van der Waals surface area contributed by atoms with E-state index >= 15 is 0 Å². The summed E-state index contributed by atoms with van der Waals surface area (Å²) in [6, 6.07) is 0. The predicted octanol–water partition coefficient (Wildman–Crippen LogP) is 1.97. The zero-order valence-corrected chi connectivity index (χ0v) is 8.79. The number of anilines is 1. The van der Waals surface area contributed by atoms with E-state index in [1.54, 1.807) is 17.5 Å². The summed E-state index contributed by atoms with van der Waals surface area (Å²) >= 11 is 1.61. The largest absolute Gasteiger partial charge is 0.357 e. The van der Waals surface area contributed by atoms with E-state index in [2.05, 4.69) is 22.3 Å². The Balaban J connectivity index is 1.92. The molecule has 0 aliphatic carbocycles. The predicted molar refractivity (Wildman–Crippen MR) is 57.3 cm³/mol. The molecule has 0 aliphatic rings. The molecule has 0 saturated carbocycles. The van der Waals surface area contributed by atoms with Crippen molar-refractivity contribution in [3.8, 4) is 0 Å². The highest BCUT2D eigenvalue weighted by Crippen LogP contribution is 2.11. The van der Waals surface area contributed by atoms with Gasteiger partial charge in [0.05, 0.1) is 6.20 Å². The van der Waals surface area contributed by atoms with Crippen molar-refractivity contribution in [3.63, 3.8) is 0 Å². The van der Waals surface area contributed by atoms with Gasteiger partial charge in [-0.2, -0.15) is 5.10 Å². The van der Waals surface area contributed by atoms with Crippen molar-refractivity contribution < 1.29 is 0 Å². The van der Waals surface area contributed by atoms with Crippen LogP contribution in [0.15, 0.2) is 24.0 Å². The number of hydrogen-bond donors (Lipinski definition) is 1. The third-order valence-electron chi connectivity index (χ3n) is 1.89. The van der Waals surface area contributed by atoms with Crippen LogP contribution in [0, 0.1) is 0 Å². The lowest BCUT2D eigenvalue weighted by atomic mass is 10.4. The van der Waals surface area contributed by atoms with Crippen molar-refractivity contribution in [1.29, 1.82) is 0 Å². The van der Waals surface area contributed by atoms with Gasteiger partial charge in [0.15, 0.2) is 5.13 Å². The van der Waals surface area contributed by atoms with E-state index in [4.69, 9.17) is 0 Å². The molecular weight excluding hydrogens is 196 g/mol. The second-order valence-electron chi connectivity index (χ2n) is 2.90. The lowest BCUT2D eigenvalue weighted by Crippen LogP contribution is -1.97. The highest BCUT2D eigenvalue weighted by atomic mass is 32.1. The van der Waals surface area contributed by atoms with Gasteiger partial charge >= 0.3 is 0 Å². The standard InChI is InChI=1S/C9H12N4S/c1-2-13-7-8(6-12-13)5-11-9-10-3-4-14-9/h3-4,6-7H,2,5H2,1H3,(H,10,11). The molecule has 0 fully saturated rings. The van der Waals surface area contributed by atoms with Gasteiger partial charge < -0.3 is 5.32 Å². The zero-order chi connectivity index (χ0) is 9.80. The van der Waals surface area contributed by atoms with Gasteiger partial charge in [-0.1, -0.05) is 0 Å². The second-order valence-corrected chi connectivity index (χ2v) is 3.79. The van der Waals surface area contributed by atoms with E-state index in [0.29, 0.717) is 0 Å². The molecule has 0 bridgehead atoms. The third kappa shape index (κ3) is 2.11. The molecule has 4 nitrogen and oxygen atoms in total. The van der Waals surface area contributed by atoms with Crippen molar-refractivity contribution in [2.75, 3.05) is 5.32 Å². The number of nitrogens with one attached hydrogen (secondary N) is 1. The summed E-state index contributed by atoms with van der Waals surface area (Å²) in [6.45, 7) is 3.77. The van der Waals surface area contributed by atoms with Crippen LogP contribution >= 0.6 is 11.3 Å². The Morgan fingerprint density at radius 3 is 3.14 bits per heavy atom. The fourth-order valence-electron chi connectivity index (χ4n) is 1.16. The molecule has 0 amide bonds. The Labute approximate surface area is 86.6 Å². The van der Waals surface area contributed by atoms with Crippen LogP contribution in [0.2, 0.25) is 0 Å². The average molecular weight is 208 g/mol. The number of thiazole rings is 1. The summed E-state index contributed by atoms with van der Waals surface area (Å²) in [5, 5.41) is 10.3. The maximum atomic E-state index is 4.19. The van der Waals surface area contributed by atoms with E-state index in [9.17, 15) is 0 Å². The Morgan fingerprint density at radius 2 is 2.50 bits per heavy atom. The molecule has 0 atom stereocenters. The first kappa shape index (κ1) is 9.21. The fraction of sp³-hybridized carbons (Fsp3) is 0.333. The smallest absolute Gasteiger partial charge is 0.182 e. The van der Waals surface area contributed by atoms with E-state index in [1.807, 2.05) is 22.5 Å². The molecule has 0 aromatic carbocycles. The quantitative estimate of drug-likeness (QED) is 0.835. The maximum absolute atomic E-state index is 4.19. The minimum atomic E-state index is 0.785. The van der Waals surface area contributed by atoms with Crippen LogP contribution in [-0.2, 0) is 13.1 Å². The van der Waals surface area contributed by atoms with E-state index < -0.39 is 0 Å². The summed E-state index contributed by atoms with van der Waals surface area (Å²) in [5.41, 5.74) is 1.18.